The third-order valence-corrected chi connectivity index (χ3v) is 5.28. The number of rotatable bonds is 5. The standard InChI is InChI=1S/C19H24N2O4/c22-16-11-15(13-21(16)12-14-7-3-1-4-8-14)17(23)20-19(18(24)25)9-5-2-6-10-19/h1,3-4,7-8,15H,2,5-6,9-13H2,(H,20,23)(H,24,25). The molecule has 3 rings (SSSR count). The topological polar surface area (TPSA) is 86.7 Å². The van der Waals surface area contributed by atoms with Crippen LogP contribution in [0.3, 0.4) is 0 Å². The lowest BCUT2D eigenvalue weighted by Crippen LogP contribution is -2.57. The number of hydrogen-bond acceptors (Lipinski definition) is 3. The van der Waals surface area contributed by atoms with Crippen molar-refractivity contribution in [3.05, 3.63) is 35.9 Å². The van der Waals surface area contributed by atoms with E-state index in [1.165, 1.54) is 0 Å². The Morgan fingerprint density at radius 2 is 1.84 bits per heavy atom. The van der Waals surface area contributed by atoms with Crippen LogP contribution in [0.2, 0.25) is 0 Å². The molecule has 1 unspecified atom stereocenters. The first-order valence-corrected chi connectivity index (χ1v) is 8.87. The third-order valence-electron chi connectivity index (χ3n) is 5.28. The lowest BCUT2D eigenvalue weighted by Gasteiger charge is -2.34. The molecule has 6 nitrogen and oxygen atoms in total. The Balaban J connectivity index is 1.63. The Morgan fingerprint density at radius 1 is 1.16 bits per heavy atom. The smallest absolute Gasteiger partial charge is 0.329 e. The lowest BCUT2D eigenvalue weighted by molar-refractivity contribution is -0.150. The van der Waals surface area contributed by atoms with Gasteiger partial charge in [-0.1, -0.05) is 49.6 Å². The minimum Gasteiger partial charge on any atom is -0.480 e. The number of carboxylic acids is 1. The quantitative estimate of drug-likeness (QED) is 0.855. The minimum atomic E-state index is -1.16. The zero-order valence-electron chi connectivity index (χ0n) is 14.2. The third kappa shape index (κ3) is 3.83. The number of aliphatic carboxylic acids is 1. The number of likely N-dealkylation sites (tertiary alicyclic amines) is 1. The van der Waals surface area contributed by atoms with Gasteiger partial charge in [0.2, 0.25) is 11.8 Å². The SMILES string of the molecule is O=C(NC1(C(=O)O)CCCCC1)C1CC(=O)N(Cc2ccccc2)C1. The van der Waals surface area contributed by atoms with Crippen LogP contribution in [0, 0.1) is 5.92 Å². The average Bonchev–Trinajstić information content (AvgIpc) is 2.97. The van der Waals surface area contributed by atoms with Crippen molar-refractivity contribution in [2.75, 3.05) is 6.54 Å². The lowest BCUT2D eigenvalue weighted by atomic mass is 9.81. The van der Waals surface area contributed by atoms with Crippen LogP contribution in [0.1, 0.15) is 44.1 Å². The second-order valence-corrected chi connectivity index (χ2v) is 7.10. The minimum absolute atomic E-state index is 0.0583. The van der Waals surface area contributed by atoms with Crippen molar-refractivity contribution in [1.82, 2.24) is 10.2 Å². The summed E-state index contributed by atoms with van der Waals surface area (Å²) >= 11 is 0. The number of nitrogens with zero attached hydrogens (tertiary/aromatic N) is 1. The molecule has 134 valence electrons. The maximum Gasteiger partial charge on any atom is 0.329 e. The highest BCUT2D eigenvalue weighted by Crippen LogP contribution is 2.30. The van der Waals surface area contributed by atoms with Crippen molar-refractivity contribution in [1.29, 1.82) is 0 Å². The largest absolute Gasteiger partial charge is 0.480 e. The molecule has 2 amide bonds. The first-order valence-electron chi connectivity index (χ1n) is 8.87. The van der Waals surface area contributed by atoms with Gasteiger partial charge in [-0.3, -0.25) is 9.59 Å². The predicted molar refractivity (Wildman–Crippen MR) is 91.6 cm³/mol. The normalized spacial score (nSPS) is 22.6. The van der Waals surface area contributed by atoms with Gasteiger partial charge in [-0.15, -0.1) is 0 Å². The summed E-state index contributed by atoms with van der Waals surface area (Å²) in [5.41, 5.74) is -0.142. The molecule has 25 heavy (non-hydrogen) atoms. The van der Waals surface area contributed by atoms with Crippen molar-refractivity contribution in [3.8, 4) is 0 Å². The molecule has 0 bridgehead atoms. The van der Waals surface area contributed by atoms with E-state index in [1.807, 2.05) is 30.3 Å². The number of nitrogens with one attached hydrogen (secondary N) is 1. The molecule has 0 spiro atoms. The fourth-order valence-corrected chi connectivity index (χ4v) is 3.79. The van der Waals surface area contributed by atoms with Crippen molar-refractivity contribution in [2.24, 2.45) is 5.92 Å². The van der Waals surface area contributed by atoms with Crippen molar-refractivity contribution >= 4 is 17.8 Å². The summed E-state index contributed by atoms with van der Waals surface area (Å²) < 4.78 is 0. The molecular formula is C19H24N2O4. The second-order valence-electron chi connectivity index (χ2n) is 7.10. The van der Waals surface area contributed by atoms with Crippen molar-refractivity contribution in [2.45, 2.75) is 50.6 Å². The van der Waals surface area contributed by atoms with Gasteiger partial charge in [-0.2, -0.15) is 0 Å². The highest BCUT2D eigenvalue weighted by Gasteiger charge is 2.44. The molecule has 0 aromatic heterocycles. The number of benzene rings is 1. The zero-order chi connectivity index (χ0) is 17.9. The van der Waals surface area contributed by atoms with Gasteiger partial charge in [0.15, 0.2) is 0 Å². The molecule has 1 saturated heterocycles. The Kier molecular flexibility index (Phi) is 5.06. The molecule has 0 radical (unpaired) electrons. The summed E-state index contributed by atoms with van der Waals surface area (Å²) in [6, 6.07) is 9.64. The Morgan fingerprint density at radius 3 is 2.48 bits per heavy atom. The van der Waals surface area contributed by atoms with Gasteiger partial charge in [0, 0.05) is 19.5 Å². The van der Waals surface area contributed by atoms with Crippen LogP contribution in [-0.2, 0) is 20.9 Å². The van der Waals surface area contributed by atoms with E-state index in [9.17, 15) is 19.5 Å². The summed E-state index contributed by atoms with van der Waals surface area (Å²) in [6.45, 7) is 0.822. The maximum absolute atomic E-state index is 12.6. The molecule has 1 saturated carbocycles. The van der Waals surface area contributed by atoms with E-state index >= 15 is 0 Å². The molecule has 1 aliphatic carbocycles. The molecule has 2 fully saturated rings. The Labute approximate surface area is 147 Å². The van der Waals surface area contributed by atoms with Crippen LogP contribution < -0.4 is 5.32 Å². The summed E-state index contributed by atoms with van der Waals surface area (Å²) in [4.78, 5) is 38.2. The van der Waals surface area contributed by atoms with Gasteiger partial charge in [0.05, 0.1) is 5.92 Å². The predicted octanol–water partition coefficient (Wildman–Crippen LogP) is 1.94. The first-order chi connectivity index (χ1) is 12.0. The molecule has 1 aromatic carbocycles. The fourth-order valence-electron chi connectivity index (χ4n) is 3.79. The Hall–Kier alpha value is -2.37. The van der Waals surface area contributed by atoms with Crippen LogP contribution in [0.15, 0.2) is 30.3 Å². The van der Waals surface area contributed by atoms with Gasteiger partial charge in [-0.05, 0) is 18.4 Å². The van der Waals surface area contributed by atoms with E-state index in [-0.39, 0.29) is 18.2 Å². The van der Waals surface area contributed by atoms with Crippen LogP contribution in [-0.4, -0.2) is 39.9 Å². The fraction of sp³-hybridized carbons (Fsp3) is 0.526. The summed E-state index contributed by atoms with van der Waals surface area (Å²) in [6.07, 6.45) is 3.67. The van der Waals surface area contributed by atoms with E-state index in [1.54, 1.807) is 4.90 Å². The first kappa shape index (κ1) is 17.5. The van der Waals surface area contributed by atoms with E-state index < -0.39 is 17.4 Å². The van der Waals surface area contributed by atoms with Gasteiger partial charge in [-0.25, -0.2) is 4.79 Å². The number of carbonyl (C=O) groups excluding carboxylic acids is 2. The maximum atomic E-state index is 12.6. The van der Waals surface area contributed by atoms with Crippen molar-refractivity contribution < 1.29 is 19.5 Å². The number of hydrogen-bond donors (Lipinski definition) is 2. The molecule has 2 aliphatic rings. The summed E-state index contributed by atoms with van der Waals surface area (Å²) in [5, 5.41) is 12.3. The second kappa shape index (κ2) is 7.25. The average molecular weight is 344 g/mol. The number of carboxylic acid groups (broad SMARTS) is 1. The van der Waals surface area contributed by atoms with Crippen molar-refractivity contribution in [3.63, 3.8) is 0 Å². The highest BCUT2D eigenvalue weighted by atomic mass is 16.4. The van der Waals surface area contributed by atoms with Gasteiger partial charge >= 0.3 is 5.97 Å². The van der Waals surface area contributed by atoms with E-state index in [2.05, 4.69) is 5.32 Å². The summed E-state index contributed by atoms with van der Waals surface area (Å²) in [7, 11) is 0. The van der Waals surface area contributed by atoms with Crippen LogP contribution in [0.25, 0.3) is 0 Å². The van der Waals surface area contributed by atoms with E-state index in [0.29, 0.717) is 25.9 Å². The van der Waals surface area contributed by atoms with Gasteiger partial charge < -0.3 is 15.3 Å². The zero-order valence-corrected chi connectivity index (χ0v) is 14.2. The van der Waals surface area contributed by atoms with Crippen LogP contribution >= 0.6 is 0 Å². The molecule has 2 N–H and O–H groups in total. The highest BCUT2D eigenvalue weighted by molar-refractivity contribution is 5.92. The van der Waals surface area contributed by atoms with E-state index in [0.717, 1.165) is 24.8 Å². The van der Waals surface area contributed by atoms with Crippen LogP contribution in [0.5, 0.6) is 0 Å². The van der Waals surface area contributed by atoms with Gasteiger partial charge in [0.25, 0.3) is 0 Å². The van der Waals surface area contributed by atoms with E-state index in [4.69, 9.17) is 0 Å². The van der Waals surface area contributed by atoms with Gasteiger partial charge in [0.1, 0.15) is 5.54 Å². The monoisotopic (exact) mass is 344 g/mol. The molecule has 1 atom stereocenters. The molecule has 1 aliphatic heterocycles. The van der Waals surface area contributed by atoms with Crippen LogP contribution in [0.4, 0.5) is 0 Å². The molecular weight excluding hydrogens is 320 g/mol. The summed E-state index contributed by atoms with van der Waals surface area (Å²) in [5.74, 6) is -1.81. The number of amides is 2. The molecule has 6 heteroatoms. The molecule has 1 heterocycles. The molecule has 1 aromatic rings. The number of carbonyl (C=O) groups is 3. The Bertz CT molecular complexity index is 653.